The monoisotopic (exact) mass is 332 g/mol. The SMILES string of the molecule is O=S(c1ncccc1CCc1ccc(F)cc1)C1CCNCC1. The fourth-order valence-electron chi connectivity index (χ4n) is 2.89. The van der Waals surface area contributed by atoms with Crippen LogP contribution in [0.1, 0.15) is 24.0 Å². The largest absolute Gasteiger partial charge is 0.317 e. The summed E-state index contributed by atoms with van der Waals surface area (Å²) in [5.41, 5.74) is 2.11. The normalized spacial score (nSPS) is 17.1. The third-order valence-corrected chi connectivity index (χ3v) is 6.05. The van der Waals surface area contributed by atoms with Crippen molar-refractivity contribution in [2.45, 2.75) is 36.0 Å². The average Bonchev–Trinajstić information content (AvgIpc) is 2.62. The van der Waals surface area contributed by atoms with Crippen LogP contribution < -0.4 is 5.32 Å². The highest BCUT2D eigenvalue weighted by molar-refractivity contribution is 7.85. The van der Waals surface area contributed by atoms with Crippen molar-refractivity contribution in [3.05, 3.63) is 59.5 Å². The van der Waals surface area contributed by atoms with E-state index in [2.05, 4.69) is 10.3 Å². The van der Waals surface area contributed by atoms with E-state index in [1.807, 2.05) is 12.1 Å². The summed E-state index contributed by atoms with van der Waals surface area (Å²) in [5, 5.41) is 4.22. The van der Waals surface area contributed by atoms with Crippen LogP contribution in [0.15, 0.2) is 47.6 Å². The molecule has 1 aliphatic rings. The highest BCUT2D eigenvalue weighted by Crippen LogP contribution is 2.21. The molecule has 0 bridgehead atoms. The molecule has 2 heterocycles. The Morgan fingerprint density at radius 2 is 1.87 bits per heavy atom. The zero-order chi connectivity index (χ0) is 16.1. The molecule has 0 aliphatic carbocycles. The third kappa shape index (κ3) is 4.24. The third-order valence-electron chi connectivity index (χ3n) is 4.23. The van der Waals surface area contributed by atoms with Gasteiger partial charge >= 0.3 is 0 Å². The number of aromatic nitrogens is 1. The quantitative estimate of drug-likeness (QED) is 0.915. The Morgan fingerprint density at radius 1 is 1.13 bits per heavy atom. The summed E-state index contributed by atoms with van der Waals surface area (Å²) in [5.74, 6) is -0.220. The van der Waals surface area contributed by atoms with E-state index in [0.717, 1.165) is 54.9 Å². The fraction of sp³-hybridized carbons (Fsp3) is 0.389. The summed E-state index contributed by atoms with van der Waals surface area (Å²) in [6.45, 7) is 1.85. The van der Waals surface area contributed by atoms with Crippen molar-refractivity contribution in [1.82, 2.24) is 10.3 Å². The van der Waals surface area contributed by atoms with Gasteiger partial charge in [0.15, 0.2) is 0 Å². The van der Waals surface area contributed by atoms with E-state index in [9.17, 15) is 8.60 Å². The maximum Gasteiger partial charge on any atom is 0.130 e. The van der Waals surface area contributed by atoms with Crippen LogP contribution in [0.25, 0.3) is 0 Å². The van der Waals surface area contributed by atoms with Gasteiger partial charge in [0.1, 0.15) is 10.8 Å². The number of benzene rings is 1. The van der Waals surface area contributed by atoms with Crippen molar-refractivity contribution < 1.29 is 8.60 Å². The summed E-state index contributed by atoms with van der Waals surface area (Å²) in [6.07, 6.45) is 5.14. The second-order valence-electron chi connectivity index (χ2n) is 5.84. The minimum absolute atomic E-state index is 0.190. The van der Waals surface area contributed by atoms with E-state index >= 15 is 0 Å². The van der Waals surface area contributed by atoms with Crippen molar-refractivity contribution in [3.63, 3.8) is 0 Å². The van der Waals surface area contributed by atoms with Gasteiger partial charge in [0.2, 0.25) is 0 Å². The molecule has 1 N–H and O–H groups in total. The van der Waals surface area contributed by atoms with Gasteiger partial charge in [-0.1, -0.05) is 18.2 Å². The van der Waals surface area contributed by atoms with Crippen LogP contribution in [-0.2, 0) is 23.6 Å². The fourth-order valence-corrected chi connectivity index (χ4v) is 4.47. The molecule has 1 atom stereocenters. The van der Waals surface area contributed by atoms with Crippen LogP contribution in [0.3, 0.4) is 0 Å². The predicted molar refractivity (Wildman–Crippen MR) is 90.3 cm³/mol. The molecule has 1 fully saturated rings. The Kier molecular flexibility index (Phi) is 5.51. The van der Waals surface area contributed by atoms with Gasteiger partial charge < -0.3 is 5.32 Å². The van der Waals surface area contributed by atoms with Crippen LogP contribution in [0, 0.1) is 5.82 Å². The Labute approximate surface area is 138 Å². The van der Waals surface area contributed by atoms with Crippen LogP contribution in [0.4, 0.5) is 4.39 Å². The number of rotatable bonds is 5. The van der Waals surface area contributed by atoms with E-state index in [0.29, 0.717) is 0 Å². The molecule has 0 radical (unpaired) electrons. The number of hydrogen-bond donors (Lipinski definition) is 1. The van der Waals surface area contributed by atoms with Crippen LogP contribution >= 0.6 is 0 Å². The summed E-state index contributed by atoms with van der Waals surface area (Å²) in [4.78, 5) is 4.40. The molecule has 0 amide bonds. The Morgan fingerprint density at radius 3 is 2.61 bits per heavy atom. The lowest BCUT2D eigenvalue weighted by molar-refractivity contribution is 0.518. The van der Waals surface area contributed by atoms with Crippen LogP contribution in [-0.4, -0.2) is 27.5 Å². The molecule has 1 aliphatic heterocycles. The summed E-state index contributed by atoms with van der Waals surface area (Å²) >= 11 is 0. The molecule has 1 aromatic carbocycles. The van der Waals surface area contributed by atoms with Gasteiger partial charge in [0, 0.05) is 11.4 Å². The second kappa shape index (κ2) is 7.79. The number of nitrogens with one attached hydrogen (secondary N) is 1. The molecular weight excluding hydrogens is 311 g/mol. The molecular formula is C18H21FN2OS. The Bertz CT molecular complexity index is 669. The Hall–Kier alpha value is -1.59. The first-order valence-corrected chi connectivity index (χ1v) is 9.25. The highest BCUT2D eigenvalue weighted by atomic mass is 32.2. The van der Waals surface area contributed by atoms with E-state index in [1.54, 1.807) is 18.3 Å². The molecule has 3 nitrogen and oxygen atoms in total. The number of nitrogens with zero attached hydrogens (tertiary/aromatic N) is 1. The van der Waals surface area contributed by atoms with Crippen molar-refractivity contribution in [1.29, 1.82) is 0 Å². The number of pyridine rings is 1. The molecule has 2 aromatic rings. The summed E-state index contributed by atoms with van der Waals surface area (Å²) in [7, 11) is -1.05. The predicted octanol–water partition coefficient (Wildman–Crippen LogP) is 2.87. The zero-order valence-electron chi connectivity index (χ0n) is 13.0. The number of aryl methyl sites for hydroxylation is 2. The van der Waals surface area contributed by atoms with E-state index in [4.69, 9.17) is 0 Å². The van der Waals surface area contributed by atoms with E-state index in [1.165, 1.54) is 12.1 Å². The standard InChI is InChI=1S/C18H21FN2OS/c19-16-7-4-14(5-8-16)3-6-15-2-1-11-21-18(15)23(22)17-9-12-20-13-10-17/h1-2,4-5,7-8,11,17,20H,3,6,9-10,12-13H2. The lowest BCUT2D eigenvalue weighted by Crippen LogP contribution is -2.33. The Balaban J connectivity index is 1.72. The molecule has 0 spiro atoms. The molecule has 122 valence electrons. The molecule has 1 saturated heterocycles. The number of piperidine rings is 1. The first-order chi connectivity index (χ1) is 11.2. The van der Waals surface area contributed by atoms with Crippen molar-refractivity contribution in [2.24, 2.45) is 0 Å². The lowest BCUT2D eigenvalue weighted by atomic mass is 10.1. The molecule has 23 heavy (non-hydrogen) atoms. The molecule has 1 aromatic heterocycles. The number of hydrogen-bond acceptors (Lipinski definition) is 3. The van der Waals surface area contributed by atoms with Gasteiger partial charge in [0.05, 0.1) is 10.8 Å². The minimum Gasteiger partial charge on any atom is -0.317 e. The van der Waals surface area contributed by atoms with Gasteiger partial charge in [-0.3, -0.25) is 4.21 Å². The van der Waals surface area contributed by atoms with Crippen molar-refractivity contribution >= 4 is 10.8 Å². The van der Waals surface area contributed by atoms with Gasteiger partial charge in [0.25, 0.3) is 0 Å². The number of halogens is 1. The maximum absolute atomic E-state index is 13.0. The van der Waals surface area contributed by atoms with Gasteiger partial charge in [-0.25, -0.2) is 9.37 Å². The van der Waals surface area contributed by atoms with E-state index < -0.39 is 10.8 Å². The zero-order valence-corrected chi connectivity index (χ0v) is 13.8. The first kappa shape index (κ1) is 16.3. The van der Waals surface area contributed by atoms with Gasteiger partial charge in [-0.15, -0.1) is 0 Å². The van der Waals surface area contributed by atoms with Gasteiger partial charge in [-0.2, -0.15) is 0 Å². The smallest absolute Gasteiger partial charge is 0.130 e. The molecule has 5 heteroatoms. The molecule has 0 saturated carbocycles. The van der Waals surface area contributed by atoms with E-state index in [-0.39, 0.29) is 11.1 Å². The lowest BCUT2D eigenvalue weighted by Gasteiger charge is -2.22. The van der Waals surface area contributed by atoms with Crippen LogP contribution in [0.5, 0.6) is 0 Å². The summed E-state index contributed by atoms with van der Waals surface area (Å²) in [6, 6.07) is 10.5. The maximum atomic E-state index is 13.0. The molecule has 1 unspecified atom stereocenters. The molecule has 3 rings (SSSR count). The van der Waals surface area contributed by atoms with Gasteiger partial charge in [-0.05, 0) is 68.1 Å². The van der Waals surface area contributed by atoms with Crippen LogP contribution in [0.2, 0.25) is 0 Å². The first-order valence-electron chi connectivity index (χ1n) is 8.03. The topological polar surface area (TPSA) is 42.0 Å². The van der Waals surface area contributed by atoms with Crippen molar-refractivity contribution in [2.75, 3.05) is 13.1 Å². The highest BCUT2D eigenvalue weighted by Gasteiger charge is 2.23. The van der Waals surface area contributed by atoms with Crippen molar-refractivity contribution in [3.8, 4) is 0 Å². The second-order valence-corrected chi connectivity index (χ2v) is 7.49. The summed E-state index contributed by atoms with van der Waals surface area (Å²) < 4.78 is 25.8. The average molecular weight is 332 g/mol. The minimum atomic E-state index is -1.05.